The summed E-state index contributed by atoms with van der Waals surface area (Å²) in [5, 5.41) is 20.7. The lowest BCUT2D eigenvalue weighted by atomic mass is 9.45. The molecule has 0 unspecified atom stereocenters. The molecule has 0 heterocycles. The Hall–Kier alpha value is -0.380. The maximum atomic E-state index is 10.6. The second-order valence-corrected chi connectivity index (χ2v) is 9.16. The van der Waals surface area contributed by atoms with Crippen molar-refractivity contribution in [2.75, 3.05) is 7.11 Å². The molecule has 0 aromatic rings. The molecule has 3 nitrogen and oxygen atoms in total. The van der Waals surface area contributed by atoms with Crippen molar-refractivity contribution < 1.29 is 14.9 Å². The molecule has 4 rings (SSSR count). The van der Waals surface area contributed by atoms with Crippen LogP contribution in [0.3, 0.4) is 0 Å². The topological polar surface area (TPSA) is 49.7 Å². The smallest absolute Gasteiger partial charge is 0.0724 e. The molecule has 0 aromatic heterocycles. The number of hydrogen-bond donors (Lipinski definition) is 2. The Bertz CT molecular complexity index is 503. The number of fused-ring (bicyclic) bond motifs is 5. The Morgan fingerprint density at radius 3 is 2.57 bits per heavy atom. The van der Waals surface area contributed by atoms with E-state index in [9.17, 15) is 10.2 Å². The highest BCUT2D eigenvalue weighted by Crippen LogP contribution is 2.65. The van der Waals surface area contributed by atoms with E-state index in [0.29, 0.717) is 23.7 Å². The third kappa shape index (κ3) is 2.12. The molecule has 0 aliphatic heterocycles. The molecule has 130 valence electrons. The highest BCUT2D eigenvalue weighted by atomic mass is 16.5. The van der Waals surface area contributed by atoms with E-state index in [4.69, 9.17) is 4.74 Å². The van der Waals surface area contributed by atoms with Gasteiger partial charge in [-0.15, -0.1) is 0 Å². The first-order valence-electron chi connectivity index (χ1n) is 9.48. The summed E-state index contributed by atoms with van der Waals surface area (Å²) in [7, 11) is 1.86. The Morgan fingerprint density at radius 2 is 1.83 bits per heavy atom. The Morgan fingerprint density at radius 1 is 1.04 bits per heavy atom. The number of hydrogen-bond acceptors (Lipinski definition) is 3. The zero-order valence-electron chi connectivity index (χ0n) is 14.7. The van der Waals surface area contributed by atoms with Crippen molar-refractivity contribution in [3.63, 3.8) is 0 Å². The van der Waals surface area contributed by atoms with Crippen LogP contribution < -0.4 is 0 Å². The van der Waals surface area contributed by atoms with E-state index in [1.165, 1.54) is 6.42 Å². The monoisotopic (exact) mass is 320 g/mol. The van der Waals surface area contributed by atoms with Crippen LogP contribution in [0.2, 0.25) is 0 Å². The van der Waals surface area contributed by atoms with Crippen LogP contribution in [0.4, 0.5) is 0 Å². The van der Waals surface area contributed by atoms with E-state index in [2.05, 4.69) is 19.9 Å². The van der Waals surface area contributed by atoms with Crippen molar-refractivity contribution in [3.8, 4) is 0 Å². The van der Waals surface area contributed by atoms with Crippen LogP contribution in [0.25, 0.3) is 0 Å². The fraction of sp³-hybridized carbons (Fsp3) is 0.900. The molecule has 0 bridgehead atoms. The van der Waals surface area contributed by atoms with Crippen molar-refractivity contribution in [3.05, 3.63) is 12.2 Å². The summed E-state index contributed by atoms with van der Waals surface area (Å²) in [6.07, 6.45) is 10.6. The van der Waals surface area contributed by atoms with Crippen LogP contribution in [0.1, 0.15) is 52.4 Å². The molecule has 2 N–H and O–H groups in total. The highest BCUT2D eigenvalue weighted by molar-refractivity contribution is 5.18. The summed E-state index contributed by atoms with van der Waals surface area (Å²) in [6, 6.07) is 0. The summed E-state index contributed by atoms with van der Waals surface area (Å²) in [5.41, 5.74) is 0.271. The molecular weight excluding hydrogens is 288 g/mol. The molecule has 9 atom stereocenters. The molecule has 4 aliphatic carbocycles. The maximum absolute atomic E-state index is 10.6. The summed E-state index contributed by atoms with van der Waals surface area (Å²) < 4.78 is 5.99. The first-order chi connectivity index (χ1) is 10.9. The van der Waals surface area contributed by atoms with Gasteiger partial charge >= 0.3 is 0 Å². The minimum Gasteiger partial charge on any atom is -0.393 e. The Balaban J connectivity index is 1.73. The second-order valence-electron chi connectivity index (χ2n) is 9.16. The lowest BCUT2D eigenvalue weighted by molar-refractivity contribution is -0.159. The Labute approximate surface area is 140 Å². The van der Waals surface area contributed by atoms with Gasteiger partial charge in [-0.3, -0.25) is 0 Å². The molecule has 23 heavy (non-hydrogen) atoms. The largest absolute Gasteiger partial charge is 0.393 e. The standard InChI is InChI=1S/C20H32O3/c1-19-8-6-13(21)10-12(19)11-16(23-3)18-14-4-5-17(22)20(14,2)9-7-15(18)19/h6,8,12-18,21-22H,4-5,7,9-11H2,1-3H3/t12-,13-,14-,15-,16-,17-,18-,19-,20-/m0/s1. The van der Waals surface area contributed by atoms with Crippen molar-refractivity contribution >= 4 is 0 Å². The number of rotatable bonds is 1. The van der Waals surface area contributed by atoms with Gasteiger partial charge in [0.05, 0.1) is 18.3 Å². The van der Waals surface area contributed by atoms with Gasteiger partial charge in [-0.2, -0.15) is 0 Å². The lowest BCUT2D eigenvalue weighted by Crippen LogP contribution is -2.58. The molecule has 3 heteroatoms. The quantitative estimate of drug-likeness (QED) is 0.730. The van der Waals surface area contributed by atoms with Gasteiger partial charge in [0.2, 0.25) is 0 Å². The van der Waals surface area contributed by atoms with E-state index in [1.807, 2.05) is 13.2 Å². The van der Waals surface area contributed by atoms with Gasteiger partial charge in [0, 0.05) is 7.11 Å². The zero-order chi connectivity index (χ0) is 16.4. The predicted molar refractivity (Wildman–Crippen MR) is 89.8 cm³/mol. The second kappa shape index (κ2) is 5.31. The summed E-state index contributed by atoms with van der Waals surface area (Å²) in [5.74, 6) is 2.28. The number of methoxy groups -OCH3 is 1. The fourth-order valence-corrected chi connectivity index (χ4v) is 6.96. The average molecular weight is 320 g/mol. The molecule has 4 aliphatic rings. The van der Waals surface area contributed by atoms with Gasteiger partial charge in [0.25, 0.3) is 0 Å². The van der Waals surface area contributed by atoms with Crippen molar-refractivity contribution in [2.45, 2.75) is 70.7 Å². The van der Waals surface area contributed by atoms with Gasteiger partial charge < -0.3 is 14.9 Å². The molecule has 0 spiro atoms. The van der Waals surface area contributed by atoms with E-state index in [0.717, 1.165) is 32.1 Å². The number of aliphatic hydroxyl groups is 2. The number of aliphatic hydroxyl groups excluding tert-OH is 2. The first kappa shape index (κ1) is 16.1. The normalized spacial score (nSPS) is 58.4. The van der Waals surface area contributed by atoms with Crippen LogP contribution in [-0.4, -0.2) is 35.6 Å². The lowest BCUT2D eigenvalue weighted by Gasteiger charge is -2.61. The van der Waals surface area contributed by atoms with Crippen LogP contribution in [0.15, 0.2) is 12.2 Å². The number of ether oxygens (including phenoxy) is 1. The third-order valence-electron chi connectivity index (χ3n) is 8.41. The van der Waals surface area contributed by atoms with Crippen LogP contribution in [0.5, 0.6) is 0 Å². The molecule has 0 aromatic carbocycles. The first-order valence-corrected chi connectivity index (χ1v) is 9.48. The molecule has 3 fully saturated rings. The number of allylic oxidation sites excluding steroid dienone is 1. The van der Waals surface area contributed by atoms with Gasteiger partial charge in [-0.25, -0.2) is 0 Å². The van der Waals surface area contributed by atoms with E-state index < -0.39 is 0 Å². The van der Waals surface area contributed by atoms with Gasteiger partial charge in [0.1, 0.15) is 0 Å². The Kier molecular flexibility index (Phi) is 3.72. The van der Waals surface area contributed by atoms with E-state index in [-0.39, 0.29) is 29.1 Å². The molecule has 0 saturated heterocycles. The minimum absolute atomic E-state index is 0.0824. The van der Waals surface area contributed by atoms with E-state index in [1.54, 1.807) is 0 Å². The van der Waals surface area contributed by atoms with Gasteiger partial charge in [-0.05, 0) is 73.0 Å². The van der Waals surface area contributed by atoms with E-state index >= 15 is 0 Å². The fourth-order valence-electron chi connectivity index (χ4n) is 6.96. The summed E-state index contributed by atoms with van der Waals surface area (Å²) in [6.45, 7) is 4.73. The average Bonchev–Trinajstić information content (AvgIpc) is 2.83. The van der Waals surface area contributed by atoms with Crippen molar-refractivity contribution in [1.29, 1.82) is 0 Å². The third-order valence-corrected chi connectivity index (χ3v) is 8.41. The highest BCUT2D eigenvalue weighted by Gasteiger charge is 2.62. The van der Waals surface area contributed by atoms with Crippen LogP contribution in [-0.2, 0) is 4.74 Å². The van der Waals surface area contributed by atoms with Gasteiger partial charge in [-0.1, -0.05) is 26.0 Å². The SMILES string of the molecule is CO[C@H]1C[C@@H]2C[C@@H](O)C=C[C@]2(C)[C@H]2CC[C@]3(C)[C@@H](O)CC[C@H]3[C@H]12. The summed E-state index contributed by atoms with van der Waals surface area (Å²) in [4.78, 5) is 0. The predicted octanol–water partition coefficient (Wildman–Crippen LogP) is 3.15. The molecule has 0 radical (unpaired) electrons. The molecule has 3 saturated carbocycles. The van der Waals surface area contributed by atoms with Crippen LogP contribution >= 0.6 is 0 Å². The molecular formula is C20H32O3. The summed E-state index contributed by atoms with van der Waals surface area (Å²) >= 11 is 0. The maximum Gasteiger partial charge on any atom is 0.0724 e. The van der Waals surface area contributed by atoms with Gasteiger partial charge in [0.15, 0.2) is 0 Å². The molecule has 0 amide bonds. The zero-order valence-corrected chi connectivity index (χ0v) is 14.7. The minimum atomic E-state index is -0.288. The van der Waals surface area contributed by atoms with Crippen LogP contribution in [0, 0.1) is 34.5 Å². The van der Waals surface area contributed by atoms with Crippen molar-refractivity contribution in [1.82, 2.24) is 0 Å². The van der Waals surface area contributed by atoms with Crippen molar-refractivity contribution in [2.24, 2.45) is 34.5 Å².